The van der Waals surface area contributed by atoms with Crippen LogP contribution in [0.15, 0.2) is 12.1 Å². The van der Waals surface area contributed by atoms with Crippen LogP contribution in [0.25, 0.3) is 11.0 Å². The molecule has 2 aromatic rings. The molecule has 0 bridgehead atoms. The lowest BCUT2D eigenvalue weighted by Gasteiger charge is -2.16. The third-order valence-corrected chi connectivity index (χ3v) is 5.65. The van der Waals surface area contributed by atoms with Gasteiger partial charge >= 0.3 is 0 Å². The molecule has 0 aromatic carbocycles. The molecular formula is C13H17Cl3N2OSi. The average molecular weight is 352 g/mol. The number of nitrogens with zero attached hydrogens (tertiary/aromatic N) is 2. The number of pyridine rings is 1. The third-order valence-electron chi connectivity index (χ3n) is 2.96. The molecule has 2 heterocycles. The predicted octanol–water partition coefficient (Wildman–Crippen LogP) is 5.31. The van der Waals surface area contributed by atoms with Crippen LogP contribution in [0.2, 0.25) is 41.0 Å². The Labute approximate surface area is 134 Å². The summed E-state index contributed by atoms with van der Waals surface area (Å²) in [4.78, 5) is 4.20. The Bertz CT molecular complexity index is 622. The van der Waals surface area contributed by atoms with E-state index in [9.17, 15) is 0 Å². The molecule has 0 radical (unpaired) electrons. The lowest BCUT2D eigenvalue weighted by molar-refractivity contribution is 0.0904. The van der Waals surface area contributed by atoms with Gasteiger partial charge in [0.2, 0.25) is 0 Å². The normalized spacial score (nSPS) is 12.3. The van der Waals surface area contributed by atoms with Crippen LogP contribution in [0.5, 0.6) is 0 Å². The molecule has 2 aromatic heterocycles. The smallest absolute Gasteiger partial charge is 0.148 e. The first-order valence-corrected chi connectivity index (χ1v) is 11.2. The lowest BCUT2D eigenvalue weighted by atomic mass is 10.4. The zero-order valence-electron chi connectivity index (χ0n) is 11.7. The number of rotatable bonds is 5. The van der Waals surface area contributed by atoms with Crippen molar-refractivity contribution in [1.82, 2.24) is 9.55 Å². The van der Waals surface area contributed by atoms with Gasteiger partial charge in [0.15, 0.2) is 0 Å². The van der Waals surface area contributed by atoms with Crippen LogP contribution in [-0.2, 0) is 11.5 Å². The van der Waals surface area contributed by atoms with Gasteiger partial charge in [-0.25, -0.2) is 4.98 Å². The summed E-state index contributed by atoms with van der Waals surface area (Å²) in [6, 6.07) is 4.65. The maximum Gasteiger partial charge on any atom is 0.148 e. The Morgan fingerprint density at radius 2 is 1.90 bits per heavy atom. The van der Waals surface area contributed by atoms with Crippen LogP contribution in [0.1, 0.15) is 0 Å². The van der Waals surface area contributed by atoms with Gasteiger partial charge in [0.1, 0.15) is 17.0 Å². The Kier molecular flexibility index (Phi) is 5.03. The summed E-state index contributed by atoms with van der Waals surface area (Å²) in [6.45, 7) is 8.09. The Morgan fingerprint density at radius 3 is 2.55 bits per heavy atom. The minimum atomic E-state index is -1.08. The third kappa shape index (κ3) is 3.89. The molecule has 2 rings (SSSR count). The Hall–Kier alpha value is -0.263. The highest BCUT2D eigenvalue weighted by molar-refractivity contribution is 6.76. The molecule has 7 heteroatoms. The first kappa shape index (κ1) is 16.1. The molecule has 0 aliphatic heterocycles. The summed E-state index contributed by atoms with van der Waals surface area (Å²) < 4.78 is 7.57. The van der Waals surface area contributed by atoms with Crippen LogP contribution >= 0.6 is 34.8 Å². The van der Waals surface area contributed by atoms with Crippen molar-refractivity contribution >= 4 is 53.9 Å². The largest absolute Gasteiger partial charge is 0.361 e. The minimum Gasteiger partial charge on any atom is -0.361 e. The second-order valence-corrected chi connectivity index (χ2v) is 12.7. The van der Waals surface area contributed by atoms with Crippen molar-refractivity contribution in [3.8, 4) is 0 Å². The Balaban J connectivity index is 2.14. The van der Waals surface area contributed by atoms with Crippen molar-refractivity contribution in [2.75, 3.05) is 6.61 Å². The second-order valence-electron chi connectivity index (χ2n) is 5.91. The van der Waals surface area contributed by atoms with E-state index in [0.29, 0.717) is 16.9 Å². The highest BCUT2D eigenvalue weighted by Crippen LogP contribution is 2.29. The van der Waals surface area contributed by atoms with Crippen molar-refractivity contribution in [2.45, 2.75) is 32.4 Å². The Morgan fingerprint density at radius 1 is 1.20 bits per heavy atom. The predicted molar refractivity (Wildman–Crippen MR) is 88.9 cm³/mol. The summed E-state index contributed by atoms with van der Waals surface area (Å²) in [5, 5.41) is 1.27. The van der Waals surface area contributed by atoms with Gasteiger partial charge in [-0.15, -0.1) is 0 Å². The van der Waals surface area contributed by atoms with Crippen LogP contribution in [0.4, 0.5) is 0 Å². The molecular weight excluding hydrogens is 335 g/mol. The zero-order valence-corrected chi connectivity index (χ0v) is 15.0. The fraction of sp³-hybridized carbons (Fsp3) is 0.462. The van der Waals surface area contributed by atoms with E-state index in [2.05, 4.69) is 24.6 Å². The fourth-order valence-corrected chi connectivity index (χ4v) is 3.05. The van der Waals surface area contributed by atoms with Crippen LogP contribution < -0.4 is 0 Å². The summed E-state index contributed by atoms with van der Waals surface area (Å²) in [6.07, 6.45) is 0. The number of ether oxygens (including phenoxy) is 1. The molecule has 3 nitrogen and oxygen atoms in total. The molecule has 0 amide bonds. The van der Waals surface area contributed by atoms with Crippen molar-refractivity contribution in [2.24, 2.45) is 0 Å². The number of hydrogen-bond donors (Lipinski definition) is 0. The van der Waals surface area contributed by atoms with Gasteiger partial charge < -0.3 is 9.30 Å². The number of hydrogen-bond acceptors (Lipinski definition) is 2. The van der Waals surface area contributed by atoms with E-state index < -0.39 is 8.07 Å². The van der Waals surface area contributed by atoms with Gasteiger partial charge in [-0.3, -0.25) is 0 Å². The quantitative estimate of drug-likeness (QED) is 0.415. The maximum absolute atomic E-state index is 6.21. The highest BCUT2D eigenvalue weighted by Gasteiger charge is 2.14. The van der Waals surface area contributed by atoms with Gasteiger partial charge in [-0.05, 0) is 12.1 Å². The first-order chi connectivity index (χ1) is 9.28. The van der Waals surface area contributed by atoms with E-state index in [1.165, 1.54) is 0 Å². The zero-order chi connectivity index (χ0) is 14.9. The van der Waals surface area contributed by atoms with E-state index in [1.54, 1.807) is 12.1 Å². The van der Waals surface area contributed by atoms with E-state index in [4.69, 9.17) is 39.5 Å². The number of aromatic nitrogens is 2. The topological polar surface area (TPSA) is 27.1 Å². The summed E-state index contributed by atoms with van der Waals surface area (Å²) >= 11 is 18.1. The van der Waals surface area contributed by atoms with Crippen LogP contribution in [0, 0.1) is 0 Å². The average Bonchev–Trinajstić information content (AvgIpc) is 2.60. The summed E-state index contributed by atoms with van der Waals surface area (Å²) in [7, 11) is -1.08. The molecule has 110 valence electrons. The van der Waals surface area contributed by atoms with E-state index in [1.807, 2.05) is 4.57 Å². The van der Waals surface area contributed by atoms with Crippen LogP contribution in [-0.4, -0.2) is 24.2 Å². The molecule has 0 atom stereocenters. The molecule has 0 aliphatic carbocycles. The van der Waals surface area contributed by atoms with Crippen molar-refractivity contribution in [3.63, 3.8) is 0 Å². The minimum absolute atomic E-state index is 0.285. The van der Waals surface area contributed by atoms with Gasteiger partial charge in [-0.1, -0.05) is 54.4 Å². The first-order valence-electron chi connectivity index (χ1n) is 6.36. The fourth-order valence-electron chi connectivity index (χ4n) is 1.76. The van der Waals surface area contributed by atoms with Crippen molar-refractivity contribution in [3.05, 3.63) is 27.5 Å². The molecule has 0 N–H and O–H groups in total. The number of fused-ring (bicyclic) bond motifs is 1. The van der Waals surface area contributed by atoms with E-state index >= 15 is 0 Å². The summed E-state index contributed by atoms with van der Waals surface area (Å²) in [5.41, 5.74) is 1.55. The highest BCUT2D eigenvalue weighted by atomic mass is 35.5. The molecule has 0 aliphatic rings. The van der Waals surface area contributed by atoms with Gasteiger partial charge in [0.25, 0.3) is 0 Å². The van der Waals surface area contributed by atoms with Gasteiger partial charge in [-0.2, -0.15) is 0 Å². The van der Waals surface area contributed by atoms with E-state index in [-0.39, 0.29) is 5.15 Å². The standard InChI is InChI=1S/C13H17Cl3N2OSi/c1-20(2,3)5-4-19-8-18-11-6-9(14)13(16)17-10(11)7-12(18)15/h6-7H,4-5,8H2,1-3H3. The van der Waals surface area contributed by atoms with Crippen molar-refractivity contribution in [1.29, 1.82) is 0 Å². The monoisotopic (exact) mass is 350 g/mol. The maximum atomic E-state index is 6.21. The van der Waals surface area contributed by atoms with Crippen LogP contribution in [0.3, 0.4) is 0 Å². The molecule has 0 fully saturated rings. The second kappa shape index (κ2) is 6.24. The van der Waals surface area contributed by atoms with E-state index in [0.717, 1.165) is 23.7 Å². The molecule has 0 saturated heterocycles. The lowest BCUT2D eigenvalue weighted by Crippen LogP contribution is -2.22. The molecule has 0 spiro atoms. The summed E-state index contributed by atoms with van der Waals surface area (Å²) in [5.74, 6) is 0. The molecule has 0 unspecified atom stereocenters. The molecule has 20 heavy (non-hydrogen) atoms. The van der Waals surface area contributed by atoms with Crippen molar-refractivity contribution < 1.29 is 4.74 Å². The van der Waals surface area contributed by atoms with Gasteiger partial charge in [0.05, 0.1) is 16.1 Å². The SMILES string of the molecule is C[Si](C)(C)CCOCn1c(Cl)cc2nc(Cl)c(Cl)cc21. The van der Waals surface area contributed by atoms with Gasteiger partial charge in [0, 0.05) is 20.7 Å². The molecule has 0 saturated carbocycles. The number of halogens is 3.